The molecule has 6 rings (SSSR count). The number of ketones is 2. The number of hydrogen-bond acceptors (Lipinski definition) is 6. The molecule has 0 radical (unpaired) electrons. The first-order chi connectivity index (χ1) is 14.7. The molecule has 2 aliphatic carbocycles. The summed E-state index contributed by atoms with van der Waals surface area (Å²) in [5.74, 6) is 2.33. The molecule has 3 aromatic rings. The van der Waals surface area contributed by atoms with Gasteiger partial charge in [-0.15, -0.1) is 0 Å². The molecule has 2 heterocycles. The third kappa shape index (κ3) is 3.10. The highest BCUT2D eigenvalue weighted by atomic mass is 16.5. The molecule has 6 nitrogen and oxygen atoms in total. The van der Waals surface area contributed by atoms with E-state index in [1.165, 1.54) is 19.5 Å². The Kier molecular flexibility index (Phi) is 4.16. The van der Waals surface area contributed by atoms with E-state index in [0.717, 1.165) is 40.3 Å². The zero-order chi connectivity index (χ0) is 20.2. The van der Waals surface area contributed by atoms with Gasteiger partial charge in [0.05, 0.1) is 17.7 Å². The van der Waals surface area contributed by atoms with E-state index in [4.69, 9.17) is 9.26 Å². The van der Waals surface area contributed by atoms with Crippen molar-refractivity contribution in [2.45, 2.75) is 31.6 Å². The van der Waals surface area contributed by atoms with Crippen molar-refractivity contribution in [3.63, 3.8) is 0 Å². The second kappa shape index (κ2) is 6.91. The fraction of sp³-hybridized carbons (Fsp3) is 0.458. The zero-order valence-electron chi connectivity index (χ0n) is 16.8. The average molecular weight is 404 g/mol. The van der Waals surface area contributed by atoms with Crippen LogP contribution in [-0.4, -0.2) is 47.9 Å². The van der Waals surface area contributed by atoms with Gasteiger partial charge in [0.1, 0.15) is 29.6 Å². The summed E-state index contributed by atoms with van der Waals surface area (Å²) in [7, 11) is 0. The number of Topliss-reactive ketones (excluding diaryl/α,β-unsaturated/α-hetero) is 2. The molecule has 1 saturated heterocycles. The normalized spacial score (nSPS) is 26.5. The lowest BCUT2D eigenvalue weighted by atomic mass is 9.83. The largest absolute Gasteiger partial charge is 0.492 e. The molecular formula is C24H24N2O4. The highest BCUT2D eigenvalue weighted by Crippen LogP contribution is 2.44. The number of aromatic nitrogens is 1. The van der Waals surface area contributed by atoms with Crippen LogP contribution in [0, 0.1) is 11.8 Å². The van der Waals surface area contributed by atoms with Gasteiger partial charge in [-0.25, -0.2) is 0 Å². The molecule has 3 atom stereocenters. The fourth-order valence-electron chi connectivity index (χ4n) is 5.23. The Morgan fingerprint density at radius 1 is 1.13 bits per heavy atom. The third-order valence-corrected chi connectivity index (χ3v) is 6.98. The number of hydrogen-bond donors (Lipinski definition) is 0. The number of rotatable bonds is 5. The standard InChI is InChI=1S/C24H24N2O4/c27-17-2-4-20(21(28)11-17)24-23-19-5-3-18(10-14(19)1-6-22(23)30-25-24)29-8-7-26-12-15-9-16(15)13-26/h1,3,5-6,10,15-16,20H,2,4,7-9,11-13H2/t15?,16?,20-/m0/s1. The SMILES string of the molecule is O=C1CC[C@H](c2noc3ccc4cc(OCCN5CC6CC6C5)ccc4c23)C(=O)C1. The van der Waals surface area contributed by atoms with Crippen molar-refractivity contribution in [1.82, 2.24) is 10.1 Å². The molecule has 0 bridgehead atoms. The molecule has 6 heteroatoms. The summed E-state index contributed by atoms with van der Waals surface area (Å²) in [6.45, 7) is 4.12. The predicted octanol–water partition coefficient (Wildman–Crippen LogP) is 3.72. The summed E-state index contributed by atoms with van der Waals surface area (Å²) in [4.78, 5) is 26.6. The highest BCUT2D eigenvalue weighted by molar-refractivity contribution is 6.11. The van der Waals surface area contributed by atoms with Crippen molar-refractivity contribution in [2.75, 3.05) is 26.2 Å². The molecule has 0 spiro atoms. The van der Waals surface area contributed by atoms with Gasteiger partial charge < -0.3 is 9.26 Å². The zero-order valence-corrected chi connectivity index (χ0v) is 16.8. The third-order valence-electron chi connectivity index (χ3n) is 6.98. The number of benzene rings is 2. The maximum atomic E-state index is 12.5. The van der Waals surface area contributed by atoms with Crippen molar-refractivity contribution in [1.29, 1.82) is 0 Å². The van der Waals surface area contributed by atoms with Crippen molar-refractivity contribution >= 4 is 33.3 Å². The monoisotopic (exact) mass is 404 g/mol. The molecule has 2 saturated carbocycles. The number of likely N-dealkylation sites (tertiary alicyclic amines) is 1. The van der Waals surface area contributed by atoms with Gasteiger partial charge in [0, 0.05) is 26.1 Å². The molecule has 3 fully saturated rings. The van der Waals surface area contributed by atoms with Gasteiger partial charge in [-0.05, 0) is 59.7 Å². The molecular weight excluding hydrogens is 380 g/mol. The van der Waals surface area contributed by atoms with E-state index in [0.29, 0.717) is 30.7 Å². The van der Waals surface area contributed by atoms with E-state index in [1.807, 2.05) is 30.3 Å². The molecule has 0 N–H and O–H groups in total. The van der Waals surface area contributed by atoms with Gasteiger partial charge in [-0.3, -0.25) is 14.5 Å². The van der Waals surface area contributed by atoms with Gasteiger partial charge in [0.25, 0.3) is 0 Å². The maximum absolute atomic E-state index is 12.5. The van der Waals surface area contributed by atoms with E-state index in [1.54, 1.807) is 0 Å². The van der Waals surface area contributed by atoms with E-state index >= 15 is 0 Å². The summed E-state index contributed by atoms with van der Waals surface area (Å²) in [6.07, 6.45) is 2.35. The van der Waals surface area contributed by atoms with E-state index < -0.39 is 0 Å². The number of carbonyl (C=O) groups excluding carboxylic acids is 2. The van der Waals surface area contributed by atoms with Crippen LogP contribution in [0.1, 0.15) is 37.3 Å². The summed E-state index contributed by atoms with van der Waals surface area (Å²) in [5, 5.41) is 7.14. The predicted molar refractivity (Wildman–Crippen MR) is 112 cm³/mol. The summed E-state index contributed by atoms with van der Waals surface area (Å²) in [5.41, 5.74) is 1.33. The van der Waals surface area contributed by atoms with E-state index in [2.05, 4.69) is 10.1 Å². The van der Waals surface area contributed by atoms with Crippen LogP contribution in [0.15, 0.2) is 34.9 Å². The lowest BCUT2D eigenvalue weighted by Gasteiger charge is -2.18. The number of piperidine rings is 1. The van der Waals surface area contributed by atoms with E-state index in [-0.39, 0.29) is 23.9 Å². The van der Waals surface area contributed by atoms with Crippen LogP contribution in [0.2, 0.25) is 0 Å². The van der Waals surface area contributed by atoms with Gasteiger partial charge in [0.2, 0.25) is 0 Å². The van der Waals surface area contributed by atoms with Crippen LogP contribution in [-0.2, 0) is 9.59 Å². The first-order valence-electron chi connectivity index (χ1n) is 10.9. The van der Waals surface area contributed by atoms with Crippen LogP contribution < -0.4 is 4.74 Å². The van der Waals surface area contributed by atoms with Crippen LogP contribution in [0.3, 0.4) is 0 Å². The van der Waals surface area contributed by atoms with Gasteiger partial charge in [-0.2, -0.15) is 0 Å². The minimum Gasteiger partial charge on any atom is -0.492 e. The Morgan fingerprint density at radius 3 is 2.83 bits per heavy atom. The molecule has 1 aliphatic heterocycles. The van der Waals surface area contributed by atoms with Crippen LogP contribution in [0.25, 0.3) is 21.7 Å². The second-order valence-electron chi connectivity index (χ2n) is 9.03. The first kappa shape index (κ1) is 18.1. The van der Waals surface area contributed by atoms with Crippen molar-refractivity contribution < 1.29 is 18.8 Å². The minimum atomic E-state index is -0.364. The Balaban J connectivity index is 1.25. The lowest BCUT2D eigenvalue weighted by Crippen LogP contribution is -2.27. The average Bonchev–Trinajstić information content (AvgIpc) is 3.14. The second-order valence-corrected chi connectivity index (χ2v) is 9.03. The van der Waals surface area contributed by atoms with Crippen molar-refractivity contribution in [3.05, 3.63) is 36.0 Å². The fourth-order valence-corrected chi connectivity index (χ4v) is 5.23. The number of ether oxygens (including phenoxy) is 1. The van der Waals surface area contributed by atoms with Crippen molar-refractivity contribution in [2.24, 2.45) is 11.8 Å². The molecule has 2 unspecified atom stereocenters. The van der Waals surface area contributed by atoms with Crippen molar-refractivity contribution in [3.8, 4) is 5.75 Å². The van der Waals surface area contributed by atoms with Gasteiger partial charge >= 0.3 is 0 Å². The van der Waals surface area contributed by atoms with E-state index in [9.17, 15) is 9.59 Å². The molecule has 1 aromatic heterocycles. The van der Waals surface area contributed by atoms with Gasteiger partial charge in [0.15, 0.2) is 5.58 Å². The summed E-state index contributed by atoms with van der Waals surface area (Å²) in [6, 6.07) is 9.94. The Hall–Kier alpha value is -2.73. The van der Waals surface area contributed by atoms with Crippen LogP contribution >= 0.6 is 0 Å². The lowest BCUT2D eigenvalue weighted by molar-refractivity contribution is -0.130. The Morgan fingerprint density at radius 2 is 2.00 bits per heavy atom. The van der Waals surface area contributed by atoms with Gasteiger partial charge in [-0.1, -0.05) is 11.2 Å². The smallest absolute Gasteiger partial charge is 0.167 e. The molecule has 0 amide bonds. The van der Waals surface area contributed by atoms with Crippen LogP contribution in [0.5, 0.6) is 5.75 Å². The molecule has 154 valence electrons. The Bertz CT molecular complexity index is 1160. The Labute approximate surface area is 174 Å². The van der Waals surface area contributed by atoms with Crippen LogP contribution in [0.4, 0.5) is 0 Å². The number of nitrogens with zero attached hydrogens (tertiary/aromatic N) is 2. The summed E-state index contributed by atoms with van der Waals surface area (Å²) >= 11 is 0. The summed E-state index contributed by atoms with van der Waals surface area (Å²) < 4.78 is 11.5. The number of fused-ring (bicyclic) bond motifs is 4. The maximum Gasteiger partial charge on any atom is 0.167 e. The molecule has 3 aliphatic rings. The molecule has 2 aromatic carbocycles. The first-order valence-corrected chi connectivity index (χ1v) is 10.9. The number of carbonyl (C=O) groups is 2. The quantitative estimate of drug-likeness (QED) is 0.604. The highest BCUT2D eigenvalue weighted by Gasteiger charge is 2.44. The molecule has 30 heavy (non-hydrogen) atoms. The minimum absolute atomic E-state index is 0.000283. The topological polar surface area (TPSA) is 72.6 Å².